The molecule has 1 aromatic heterocycles. The van der Waals surface area contributed by atoms with Crippen LogP contribution in [0.15, 0.2) is 22.8 Å². The SMILES string of the molecule is CCN1CCOC(CNCC(O)COCc2ccco2)C1. The first kappa shape index (κ1) is 16.5. The van der Waals surface area contributed by atoms with Crippen LogP contribution in [-0.2, 0) is 16.1 Å². The molecular formula is C15H26N2O4. The molecule has 2 N–H and O–H groups in total. The molecule has 120 valence electrons. The molecule has 1 saturated heterocycles. The van der Waals surface area contributed by atoms with Crippen molar-refractivity contribution < 1.29 is 19.0 Å². The van der Waals surface area contributed by atoms with E-state index in [1.54, 1.807) is 6.26 Å². The second-order valence-electron chi connectivity index (χ2n) is 5.29. The number of hydrogen-bond donors (Lipinski definition) is 2. The van der Waals surface area contributed by atoms with Gasteiger partial charge in [0.15, 0.2) is 0 Å². The summed E-state index contributed by atoms with van der Waals surface area (Å²) in [6, 6.07) is 3.67. The van der Waals surface area contributed by atoms with Gasteiger partial charge < -0.3 is 24.3 Å². The van der Waals surface area contributed by atoms with Crippen LogP contribution in [0.4, 0.5) is 0 Å². The molecule has 1 fully saturated rings. The number of rotatable bonds is 9. The van der Waals surface area contributed by atoms with Crippen molar-refractivity contribution in [3.8, 4) is 0 Å². The van der Waals surface area contributed by atoms with Gasteiger partial charge in [-0.1, -0.05) is 6.92 Å². The van der Waals surface area contributed by atoms with E-state index >= 15 is 0 Å². The number of ether oxygens (including phenoxy) is 2. The van der Waals surface area contributed by atoms with Gasteiger partial charge >= 0.3 is 0 Å². The van der Waals surface area contributed by atoms with E-state index in [4.69, 9.17) is 13.9 Å². The average Bonchev–Trinajstić information content (AvgIpc) is 3.01. The maximum Gasteiger partial charge on any atom is 0.129 e. The van der Waals surface area contributed by atoms with Crippen molar-refractivity contribution in [1.82, 2.24) is 10.2 Å². The minimum Gasteiger partial charge on any atom is -0.467 e. The summed E-state index contributed by atoms with van der Waals surface area (Å²) in [5, 5.41) is 13.1. The monoisotopic (exact) mass is 298 g/mol. The highest BCUT2D eigenvalue weighted by molar-refractivity contribution is 4.96. The molecule has 0 radical (unpaired) electrons. The molecule has 0 bridgehead atoms. The molecule has 2 atom stereocenters. The molecule has 2 rings (SSSR count). The Kier molecular flexibility index (Phi) is 7.18. The van der Waals surface area contributed by atoms with Crippen LogP contribution in [0.5, 0.6) is 0 Å². The van der Waals surface area contributed by atoms with Crippen LogP contribution in [0.1, 0.15) is 12.7 Å². The lowest BCUT2D eigenvalue weighted by Crippen LogP contribution is -2.47. The number of furan rings is 1. The minimum atomic E-state index is -0.522. The molecule has 0 amide bonds. The van der Waals surface area contributed by atoms with Gasteiger partial charge in [0.1, 0.15) is 12.4 Å². The first-order chi connectivity index (χ1) is 10.3. The molecule has 2 unspecified atom stereocenters. The predicted octanol–water partition coefficient (Wildman–Crippen LogP) is 0.467. The van der Waals surface area contributed by atoms with E-state index in [-0.39, 0.29) is 6.10 Å². The Morgan fingerprint density at radius 3 is 3.24 bits per heavy atom. The summed E-state index contributed by atoms with van der Waals surface area (Å²) in [5.41, 5.74) is 0. The third-order valence-electron chi connectivity index (χ3n) is 3.56. The highest BCUT2D eigenvalue weighted by Gasteiger charge is 2.19. The average molecular weight is 298 g/mol. The van der Waals surface area contributed by atoms with Crippen molar-refractivity contribution in [1.29, 1.82) is 0 Å². The summed E-state index contributed by atoms with van der Waals surface area (Å²) in [6.07, 6.45) is 1.29. The van der Waals surface area contributed by atoms with Crippen LogP contribution in [0.2, 0.25) is 0 Å². The van der Waals surface area contributed by atoms with Gasteiger partial charge in [-0.05, 0) is 18.7 Å². The third kappa shape index (κ3) is 6.15. The van der Waals surface area contributed by atoms with Crippen LogP contribution in [-0.4, -0.2) is 68.2 Å². The fraction of sp³-hybridized carbons (Fsp3) is 0.733. The van der Waals surface area contributed by atoms with Crippen LogP contribution >= 0.6 is 0 Å². The molecule has 0 aromatic carbocycles. The Labute approximate surface area is 126 Å². The van der Waals surface area contributed by atoms with Gasteiger partial charge in [0, 0.05) is 26.2 Å². The van der Waals surface area contributed by atoms with Crippen molar-refractivity contribution in [3.63, 3.8) is 0 Å². The highest BCUT2D eigenvalue weighted by Crippen LogP contribution is 2.04. The third-order valence-corrected chi connectivity index (χ3v) is 3.56. The highest BCUT2D eigenvalue weighted by atomic mass is 16.5. The van der Waals surface area contributed by atoms with Gasteiger partial charge in [0.05, 0.1) is 31.7 Å². The van der Waals surface area contributed by atoms with Gasteiger partial charge in [0.2, 0.25) is 0 Å². The lowest BCUT2D eigenvalue weighted by atomic mass is 10.2. The topological polar surface area (TPSA) is 67.1 Å². The number of morpholine rings is 1. The fourth-order valence-corrected chi connectivity index (χ4v) is 2.35. The van der Waals surface area contributed by atoms with Crippen LogP contribution in [0.25, 0.3) is 0 Å². The largest absolute Gasteiger partial charge is 0.467 e. The number of nitrogens with one attached hydrogen (secondary N) is 1. The smallest absolute Gasteiger partial charge is 0.129 e. The first-order valence-electron chi connectivity index (χ1n) is 7.60. The van der Waals surface area contributed by atoms with Gasteiger partial charge in [-0.15, -0.1) is 0 Å². The standard InChI is InChI=1S/C15H26N2O4/c1-2-17-5-7-21-15(10-17)9-16-8-13(18)11-19-12-14-4-3-6-20-14/h3-4,6,13,15-16,18H,2,5,7-12H2,1H3. The zero-order chi connectivity index (χ0) is 14.9. The maximum absolute atomic E-state index is 9.84. The minimum absolute atomic E-state index is 0.204. The maximum atomic E-state index is 9.84. The Hall–Kier alpha value is -0.920. The molecule has 1 aliphatic rings. The van der Waals surface area contributed by atoms with E-state index in [9.17, 15) is 5.11 Å². The summed E-state index contributed by atoms with van der Waals surface area (Å²) < 4.78 is 16.2. The van der Waals surface area contributed by atoms with Crippen molar-refractivity contribution in [2.24, 2.45) is 0 Å². The number of likely N-dealkylation sites (N-methyl/N-ethyl adjacent to an activating group) is 1. The summed E-state index contributed by atoms with van der Waals surface area (Å²) in [4.78, 5) is 2.37. The zero-order valence-corrected chi connectivity index (χ0v) is 12.7. The Morgan fingerprint density at radius 1 is 1.57 bits per heavy atom. The summed E-state index contributed by atoms with van der Waals surface area (Å²) in [5.74, 6) is 0.769. The van der Waals surface area contributed by atoms with Gasteiger partial charge in [0.25, 0.3) is 0 Å². The van der Waals surface area contributed by atoms with E-state index in [0.717, 1.165) is 38.5 Å². The van der Waals surface area contributed by atoms with Crippen LogP contribution < -0.4 is 5.32 Å². The van der Waals surface area contributed by atoms with E-state index in [0.29, 0.717) is 19.8 Å². The number of aliphatic hydroxyl groups excluding tert-OH is 1. The molecule has 0 spiro atoms. The van der Waals surface area contributed by atoms with E-state index < -0.39 is 6.10 Å². The van der Waals surface area contributed by atoms with E-state index in [1.165, 1.54) is 0 Å². The molecule has 2 heterocycles. The van der Waals surface area contributed by atoms with Gasteiger partial charge in [-0.3, -0.25) is 4.90 Å². The molecule has 1 aromatic rings. The molecule has 6 nitrogen and oxygen atoms in total. The molecule has 0 aliphatic carbocycles. The predicted molar refractivity (Wildman–Crippen MR) is 79.1 cm³/mol. The summed E-state index contributed by atoms with van der Waals surface area (Å²) in [6.45, 7) is 7.91. The molecule has 21 heavy (non-hydrogen) atoms. The van der Waals surface area contributed by atoms with Crippen molar-refractivity contribution in [2.75, 3.05) is 45.9 Å². The van der Waals surface area contributed by atoms with Crippen LogP contribution in [0.3, 0.4) is 0 Å². The summed E-state index contributed by atoms with van der Waals surface area (Å²) >= 11 is 0. The summed E-state index contributed by atoms with van der Waals surface area (Å²) in [7, 11) is 0. The number of nitrogens with zero attached hydrogens (tertiary/aromatic N) is 1. The first-order valence-corrected chi connectivity index (χ1v) is 7.60. The van der Waals surface area contributed by atoms with Crippen molar-refractivity contribution in [3.05, 3.63) is 24.2 Å². The van der Waals surface area contributed by atoms with Gasteiger partial charge in [-0.25, -0.2) is 0 Å². The van der Waals surface area contributed by atoms with Crippen molar-refractivity contribution >= 4 is 0 Å². The van der Waals surface area contributed by atoms with Crippen molar-refractivity contribution in [2.45, 2.75) is 25.7 Å². The fourth-order valence-electron chi connectivity index (χ4n) is 2.35. The molecule has 1 aliphatic heterocycles. The lowest BCUT2D eigenvalue weighted by Gasteiger charge is -2.32. The zero-order valence-electron chi connectivity index (χ0n) is 12.7. The molecule has 6 heteroatoms. The van der Waals surface area contributed by atoms with Crippen LogP contribution in [0, 0.1) is 0 Å². The quantitative estimate of drug-likeness (QED) is 0.691. The van der Waals surface area contributed by atoms with E-state index in [1.807, 2.05) is 12.1 Å². The Morgan fingerprint density at radius 2 is 2.48 bits per heavy atom. The molecule has 0 saturated carbocycles. The second-order valence-corrected chi connectivity index (χ2v) is 5.29. The van der Waals surface area contributed by atoms with E-state index in [2.05, 4.69) is 17.1 Å². The second kappa shape index (κ2) is 9.17. The lowest BCUT2D eigenvalue weighted by molar-refractivity contribution is -0.0280. The normalized spacial score (nSPS) is 21.5. The Bertz CT molecular complexity index is 372. The van der Waals surface area contributed by atoms with Gasteiger partial charge in [-0.2, -0.15) is 0 Å². The number of aliphatic hydroxyl groups is 1. The Balaban J connectivity index is 1.51. The number of hydrogen-bond acceptors (Lipinski definition) is 6. The molecular weight excluding hydrogens is 272 g/mol.